The number of carbonyl (C=O) groups excluding carboxylic acids is 1. The van der Waals surface area contributed by atoms with E-state index in [9.17, 15) is 4.79 Å². The van der Waals surface area contributed by atoms with Gasteiger partial charge in [0.15, 0.2) is 0 Å². The number of carbonyl (C=O) groups is 1. The van der Waals surface area contributed by atoms with E-state index in [1.165, 1.54) is 0 Å². The fourth-order valence-electron chi connectivity index (χ4n) is 1.20. The number of hydrogen-bond acceptors (Lipinski definition) is 3. The van der Waals surface area contributed by atoms with Crippen LogP contribution in [0.25, 0.3) is 5.57 Å². The molecule has 1 aromatic rings. The van der Waals surface area contributed by atoms with Crippen LogP contribution < -0.4 is 4.74 Å². The summed E-state index contributed by atoms with van der Waals surface area (Å²) in [4.78, 5) is 15.1. The zero-order valence-corrected chi connectivity index (χ0v) is 6.57. The van der Waals surface area contributed by atoms with Crippen LogP contribution >= 0.6 is 0 Å². The highest BCUT2D eigenvalue weighted by atomic mass is 16.5. The number of aromatic nitrogens is 1. The first-order chi connectivity index (χ1) is 5.83. The number of ether oxygens (including phenoxy) is 1. The average Bonchev–Trinajstić information content (AvgIpc) is 2.40. The van der Waals surface area contributed by atoms with Crippen molar-refractivity contribution in [3.8, 4) is 5.88 Å². The lowest BCUT2D eigenvalue weighted by Crippen LogP contribution is -2.00. The van der Waals surface area contributed by atoms with Crippen molar-refractivity contribution in [2.45, 2.75) is 6.92 Å². The summed E-state index contributed by atoms with van der Waals surface area (Å²) in [5.41, 5.74) is 1.38. The SMILES string of the molecule is CC=C1C(=O)Oc2ncccc21. The molecule has 0 saturated heterocycles. The van der Waals surface area contributed by atoms with Crippen LogP contribution in [-0.4, -0.2) is 11.0 Å². The monoisotopic (exact) mass is 161 g/mol. The van der Waals surface area contributed by atoms with Gasteiger partial charge in [-0.2, -0.15) is 0 Å². The van der Waals surface area contributed by atoms with Gasteiger partial charge in [0.25, 0.3) is 0 Å². The topological polar surface area (TPSA) is 39.2 Å². The second-order valence-electron chi connectivity index (χ2n) is 2.45. The van der Waals surface area contributed by atoms with Gasteiger partial charge in [-0.1, -0.05) is 6.08 Å². The molecule has 2 heterocycles. The molecule has 0 aliphatic carbocycles. The highest BCUT2D eigenvalue weighted by Crippen LogP contribution is 2.30. The first-order valence-electron chi connectivity index (χ1n) is 3.67. The Labute approximate surface area is 69.7 Å². The summed E-state index contributed by atoms with van der Waals surface area (Å²) in [6.45, 7) is 1.80. The molecule has 0 atom stereocenters. The van der Waals surface area contributed by atoms with E-state index in [0.29, 0.717) is 11.5 Å². The van der Waals surface area contributed by atoms with Crippen LogP contribution in [0, 0.1) is 0 Å². The second kappa shape index (κ2) is 2.44. The zero-order chi connectivity index (χ0) is 8.55. The van der Waals surface area contributed by atoms with Crippen molar-refractivity contribution in [1.29, 1.82) is 0 Å². The molecule has 0 fully saturated rings. The molecule has 60 valence electrons. The van der Waals surface area contributed by atoms with Crippen LogP contribution in [0.3, 0.4) is 0 Å². The smallest absolute Gasteiger partial charge is 0.345 e. The highest BCUT2D eigenvalue weighted by molar-refractivity contribution is 6.20. The third kappa shape index (κ3) is 0.830. The summed E-state index contributed by atoms with van der Waals surface area (Å²) < 4.78 is 4.89. The fraction of sp³-hybridized carbons (Fsp3) is 0.111. The molecule has 0 saturated carbocycles. The van der Waals surface area contributed by atoms with Crippen molar-refractivity contribution in [2.24, 2.45) is 0 Å². The molecule has 3 nitrogen and oxygen atoms in total. The van der Waals surface area contributed by atoms with Gasteiger partial charge >= 0.3 is 5.97 Å². The lowest BCUT2D eigenvalue weighted by atomic mass is 10.1. The summed E-state index contributed by atoms with van der Waals surface area (Å²) in [7, 11) is 0. The van der Waals surface area contributed by atoms with E-state index in [-0.39, 0.29) is 5.97 Å². The molecule has 1 aliphatic heterocycles. The van der Waals surface area contributed by atoms with E-state index < -0.39 is 0 Å². The van der Waals surface area contributed by atoms with Gasteiger partial charge in [0.2, 0.25) is 5.88 Å². The maximum atomic E-state index is 11.1. The van der Waals surface area contributed by atoms with E-state index >= 15 is 0 Å². The number of esters is 1. The minimum Gasteiger partial charge on any atom is -0.403 e. The number of nitrogens with zero attached hydrogens (tertiary/aromatic N) is 1. The minimum atomic E-state index is -0.314. The van der Waals surface area contributed by atoms with Gasteiger partial charge in [-0.3, -0.25) is 0 Å². The van der Waals surface area contributed by atoms with Crippen molar-refractivity contribution in [2.75, 3.05) is 0 Å². The average molecular weight is 161 g/mol. The quantitative estimate of drug-likeness (QED) is 0.426. The van der Waals surface area contributed by atoms with E-state index in [2.05, 4.69) is 4.98 Å². The lowest BCUT2D eigenvalue weighted by Gasteiger charge is -1.90. The number of fused-ring (bicyclic) bond motifs is 1. The van der Waals surface area contributed by atoms with Crippen molar-refractivity contribution < 1.29 is 9.53 Å². The molecule has 0 spiro atoms. The van der Waals surface area contributed by atoms with Gasteiger partial charge in [0.05, 0.1) is 11.1 Å². The van der Waals surface area contributed by atoms with Crippen molar-refractivity contribution in [3.63, 3.8) is 0 Å². The van der Waals surface area contributed by atoms with Gasteiger partial charge in [-0.05, 0) is 19.1 Å². The lowest BCUT2D eigenvalue weighted by molar-refractivity contribution is -0.127. The Morgan fingerprint density at radius 1 is 1.58 bits per heavy atom. The molecule has 1 aliphatic rings. The zero-order valence-electron chi connectivity index (χ0n) is 6.57. The van der Waals surface area contributed by atoms with Gasteiger partial charge in [0.1, 0.15) is 0 Å². The Bertz CT molecular complexity index is 369. The first kappa shape index (κ1) is 7.03. The van der Waals surface area contributed by atoms with Crippen LogP contribution in [-0.2, 0) is 4.79 Å². The molecule has 12 heavy (non-hydrogen) atoms. The summed E-state index contributed by atoms with van der Waals surface area (Å²) in [6, 6.07) is 3.60. The van der Waals surface area contributed by atoms with Crippen LogP contribution in [0.1, 0.15) is 12.5 Å². The van der Waals surface area contributed by atoms with Crippen LogP contribution in [0.2, 0.25) is 0 Å². The number of pyridine rings is 1. The maximum absolute atomic E-state index is 11.1. The normalized spacial score (nSPS) is 17.8. The minimum absolute atomic E-state index is 0.314. The van der Waals surface area contributed by atoms with E-state index in [4.69, 9.17) is 4.74 Å². The van der Waals surface area contributed by atoms with Crippen molar-refractivity contribution in [1.82, 2.24) is 4.98 Å². The molecular weight excluding hydrogens is 154 g/mol. The molecule has 0 radical (unpaired) electrons. The largest absolute Gasteiger partial charge is 0.403 e. The number of allylic oxidation sites excluding steroid dienone is 1. The van der Waals surface area contributed by atoms with Gasteiger partial charge in [-0.25, -0.2) is 9.78 Å². The standard InChI is InChI=1S/C9H7NO2/c1-2-6-7-4-3-5-10-8(7)12-9(6)11/h2-5H,1H3. The Balaban J connectivity index is 2.62. The Kier molecular flexibility index (Phi) is 1.43. The number of hydrogen-bond donors (Lipinski definition) is 0. The summed E-state index contributed by atoms with van der Waals surface area (Å²) in [5, 5.41) is 0. The van der Waals surface area contributed by atoms with E-state index in [0.717, 1.165) is 5.56 Å². The summed E-state index contributed by atoms with van der Waals surface area (Å²) in [5.74, 6) is 0.0989. The van der Waals surface area contributed by atoms with Crippen molar-refractivity contribution >= 4 is 11.5 Å². The third-order valence-electron chi connectivity index (χ3n) is 1.76. The molecule has 1 aromatic heterocycles. The Hall–Kier alpha value is -1.64. The number of rotatable bonds is 0. The van der Waals surface area contributed by atoms with Crippen LogP contribution in [0.5, 0.6) is 5.88 Å². The van der Waals surface area contributed by atoms with Gasteiger partial charge in [0, 0.05) is 6.20 Å². The molecule has 0 bridgehead atoms. The summed E-state index contributed by atoms with van der Waals surface area (Å²) in [6.07, 6.45) is 3.33. The van der Waals surface area contributed by atoms with Gasteiger partial charge < -0.3 is 4.74 Å². The van der Waals surface area contributed by atoms with Crippen LogP contribution in [0.15, 0.2) is 24.4 Å². The predicted octanol–water partition coefficient (Wildman–Crippen LogP) is 1.40. The third-order valence-corrected chi connectivity index (χ3v) is 1.76. The molecule has 0 amide bonds. The Morgan fingerprint density at radius 3 is 3.17 bits per heavy atom. The van der Waals surface area contributed by atoms with E-state index in [1.807, 2.05) is 6.07 Å². The molecule has 0 N–H and O–H groups in total. The Morgan fingerprint density at radius 2 is 2.42 bits per heavy atom. The van der Waals surface area contributed by atoms with Crippen LogP contribution in [0.4, 0.5) is 0 Å². The molecule has 0 aromatic carbocycles. The van der Waals surface area contributed by atoms with Crippen molar-refractivity contribution in [3.05, 3.63) is 30.0 Å². The summed E-state index contributed by atoms with van der Waals surface area (Å²) >= 11 is 0. The molecule has 2 rings (SSSR count). The molecule has 3 heteroatoms. The van der Waals surface area contributed by atoms with Gasteiger partial charge in [-0.15, -0.1) is 0 Å². The fourth-order valence-corrected chi connectivity index (χ4v) is 1.20. The second-order valence-corrected chi connectivity index (χ2v) is 2.45. The molecular formula is C9H7NO2. The molecule has 0 unspecified atom stereocenters. The highest BCUT2D eigenvalue weighted by Gasteiger charge is 2.26. The predicted molar refractivity (Wildman–Crippen MR) is 43.5 cm³/mol. The van der Waals surface area contributed by atoms with E-state index in [1.54, 1.807) is 25.3 Å². The maximum Gasteiger partial charge on any atom is 0.345 e. The first-order valence-corrected chi connectivity index (χ1v) is 3.67.